The zero-order valence-corrected chi connectivity index (χ0v) is 11.9. The first-order valence-electron chi connectivity index (χ1n) is 6.45. The first-order valence-corrected chi connectivity index (χ1v) is 6.45. The molecule has 0 spiro atoms. The number of methoxy groups -OCH3 is 1. The minimum Gasteiger partial charge on any atom is -0.508 e. The molecule has 0 aliphatic rings. The van der Waals surface area contributed by atoms with Crippen molar-refractivity contribution in [3.05, 3.63) is 29.8 Å². The van der Waals surface area contributed by atoms with Gasteiger partial charge in [0, 0.05) is 6.42 Å². The predicted octanol–water partition coefficient (Wildman–Crippen LogP) is -0.699. The van der Waals surface area contributed by atoms with E-state index in [0.717, 1.165) is 5.56 Å². The lowest BCUT2D eigenvalue weighted by Crippen LogP contribution is -2.53. The molecule has 116 valence electrons. The standard InChI is InChI=1S/C14H20N2O5/c1-8(17)12(15)13(19)16-11(14(20)21-2)7-9-3-5-10(18)6-4-9/h3-6,8,11-12,17-18H,7,15H2,1-2H3,(H,16,19)/t8-,11+,12+/m1/s1. The number of hydrogen-bond donors (Lipinski definition) is 4. The Hall–Kier alpha value is -2.12. The Morgan fingerprint density at radius 3 is 2.38 bits per heavy atom. The molecule has 0 saturated carbocycles. The van der Waals surface area contributed by atoms with Crippen LogP contribution in [-0.4, -0.2) is 47.4 Å². The summed E-state index contributed by atoms with van der Waals surface area (Å²) in [7, 11) is 1.22. The summed E-state index contributed by atoms with van der Waals surface area (Å²) in [5, 5.41) is 21.0. The third-order valence-corrected chi connectivity index (χ3v) is 3.00. The number of ether oxygens (including phenoxy) is 1. The van der Waals surface area contributed by atoms with E-state index in [1.807, 2.05) is 0 Å². The highest BCUT2D eigenvalue weighted by atomic mass is 16.5. The summed E-state index contributed by atoms with van der Waals surface area (Å²) in [6.45, 7) is 1.39. The molecule has 0 fully saturated rings. The van der Waals surface area contributed by atoms with Crippen LogP contribution < -0.4 is 11.1 Å². The van der Waals surface area contributed by atoms with Crippen LogP contribution in [0.1, 0.15) is 12.5 Å². The number of nitrogens with one attached hydrogen (secondary N) is 1. The number of aliphatic hydroxyl groups is 1. The fourth-order valence-corrected chi connectivity index (χ4v) is 1.69. The second-order valence-electron chi connectivity index (χ2n) is 4.72. The van der Waals surface area contributed by atoms with Crippen LogP contribution in [0.5, 0.6) is 5.75 Å². The van der Waals surface area contributed by atoms with Crippen LogP contribution in [0.4, 0.5) is 0 Å². The van der Waals surface area contributed by atoms with Crippen molar-refractivity contribution < 1.29 is 24.5 Å². The summed E-state index contributed by atoms with van der Waals surface area (Å²) in [6.07, 6.45) is -0.845. The monoisotopic (exact) mass is 296 g/mol. The Balaban J connectivity index is 2.79. The fraction of sp³-hybridized carbons (Fsp3) is 0.429. The molecule has 7 heteroatoms. The van der Waals surface area contributed by atoms with Crippen LogP contribution >= 0.6 is 0 Å². The van der Waals surface area contributed by atoms with Gasteiger partial charge in [-0.25, -0.2) is 4.79 Å². The van der Waals surface area contributed by atoms with Gasteiger partial charge in [-0.1, -0.05) is 12.1 Å². The van der Waals surface area contributed by atoms with E-state index in [9.17, 15) is 19.8 Å². The van der Waals surface area contributed by atoms with E-state index < -0.39 is 30.1 Å². The number of nitrogens with two attached hydrogens (primary N) is 1. The van der Waals surface area contributed by atoms with Gasteiger partial charge in [-0.05, 0) is 24.6 Å². The summed E-state index contributed by atoms with van der Waals surface area (Å²) >= 11 is 0. The molecule has 0 unspecified atom stereocenters. The number of aliphatic hydroxyl groups excluding tert-OH is 1. The molecule has 0 aliphatic heterocycles. The van der Waals surface area contributed by atoms with Crippen molar-refractivity contribution in [2.24, 2.45) is 5.73 Å². The van der Waals surface area contributed by atoms with Crippen LogP contribution in [-0.2, 0) is 20.7 Å². The zero-order chi connectivity index (χ0) is 16.0. The highest BCUT2D eigenvalue weighted by Gasteiger charge is 2.26. The van der Waals surface area contributed by atoms with Gasteiger partial charge in [-0.2, -0.15) is 0 Å². The first kappa shape index (κ1) is 16.9. The number of esters is 1. The van der Waals surface area contributed by atoms with Crippen molar-refractivity contribution in [3.63, 3.8) is 0 Å². The third kappa shape index (κ3) is 5.05. The van der Waals surface area contributed by atoms with Gasteiger partial charge in [0.2, 0.25) is 5.91 Å². The normalized spacial score (nSPS) is 14.9. The van der Waals surface area contributed by atoms with Gasteiger partial charge in [0.1, 0.15) is 17.8 Å². The molecular weight excluding hydrogens is 276 g/mol. The van der Waals surface area contributed by atoms with Crippen molar-refractivity contribution in [2.45, 2.75) is 31.5 Å². The third-order valence-electron chi connectivity index (χ3n) is 3.00. The van der Waals surface area contributed by atoms with Gasteiger partial charge >= 0.3 is 5.97 Å². The molecule has 0 radical (unpaired) electrons. The Kier molecular flexibility index (Phi) is 6.13. The fourth-order valence-electron chi connectivity index (χ4n) is 1.69. The maximum atomic E-state index is 11.8. The first-order chi connectivity index (χ1) is 9.85. The zero-order valence-electron chi connectivity index (χ0n) is 11.9. The highest BCUT2D eigenvalue weighted by molar-refractivity contribution is 5.87. The molecule has 7 nitrogen and oxygen atoms in total. The number of carbonyl (C=O) groups is 2. The molecule has 1 aromatic rings. The number of phenolic OH excluding ortho intramolecular Hbond substituents is 1. The number of benzene rings is 1. The van der Waals surface area contributed by atoms with Gasteiger partial charge in [-0.3, -0.25) is 4.79 Å². The minimum atomic E-state index is -1.13. The lowest BCUT2D eigenvalue weighted by atomic mass is 10.0. The molecule has 21 heavy (non-hydrogen) atoms. The molecule has 5 N–H and O–H groups in total. The Bertz CT molecular complexity index is 487. The number of phenols is 1. The topological polar surface area (TPSA) is 122 Å². The quantitative estimate of drug-likeness (QED) is 0.515. The van der Waals surface area contributed by atoms with Crippen LogP contribution in [0.2, 0.25) is 0 Å². The van der Waals surface area contributed by atoms with E-state index in [1.54, 1.807) is 12.1 Å². The predicted molar refractivity (Wildman–Crippen MR) is 75.4 cm³/mol. The van der Waals surface area contributed by atoms with E-state index in [0.29, 0.717) is 0 Å². The van der Waals surface area contributed by atoms with E-state index in [2.05, 4.69) is 10.1 Å². The molecule has 0 heterocycles. The highest BCUT2D eigenvalue weighted by Crippen LogP contribution is 2.12. The van der Waals surface area contributed by atoms with Gasteiger partial charge < -0.3 is 26.0 Å². The van der Waals surface area contributed by atoms with Gasteiger partial charge in [0.05, 0.1) is 13.2 Å². The summed E-state index contributed by atoms with van der Waals surface area (Å²) in [5.74, 6) is -1.15. The number of amides is 1. The number of aromatic hydroxyl groups is 1. The van der Waals surface area contributed by atoms with Crippen LogP contribution in [0, 0.1) is 0 Å². The van der Waals surface area contributed by atoms with Crippen molar-refractivity contribution in [2.75, 3.05) is 7.11 Å². The summed E-state index contributed by atoms with van der Waals surface area (Å²) < 4.78 is 4.64. The number of hydrogen-bond acceptors (Lipinski definition) is 6. The van der Waals surface area contributed by atoms with E-state index >= 15 is 0 Å². The van der Waals surface area contributed by atoms with Gasteiger partial charge in [0.25, 0.3) is 0 Å². The molecule has 0 aliphatic carbocycles. The Morgan fingerprint density at radius 1 is 1.33 bits per heavy atom. The molecule has 0 aromatic heterocycles. The lowest BCUT2D eigenvalue weighted by molar-refractivity contribution is -0.145. The maximum absolute atomic E-state index is 11.8. The van der Waals surface area contributed by atoms with Crippen molar-refractivity contribution in [1.29, 1.82) is 0 Å². The molecule has 1 aromatic carbocycles. The van der Waals surface area contributed by atoms with E-state index in [4.69, 9.17) is 5.73 Å². The van der Waals surface area contributed by atoms with Crippen LogP contribution in [0.15, 0.2) is 24.3 Å². The SMILES string of the molecule is COC(=O)[C@H](Cc1ccc(O)cc1)NC(=O)[C@@H](N)[C@@H](C)O. The average Bonchev–Trinajstić information content (AvgIpc) is 2.46. The van der Waals surface area contributed by atoms with Crippen LogP contribution in [0.3, 0.4) is 0 Å². The van der Waals surface area contributed by atoms with Gasteiger partial charge in [-0.15, -0.1) is 0 Å². The van der Waals surface area contributed by atoms with Crippen molar-refractivity contribution in [1.82, 2.24) is 5.32 Å². The molecular formula is C14H20N2O5. The number of carbonyl (C=O) groups excluding carboxylic acids is 2. The van der Waals surface area contributed by atoms with E-state index in [1.165, 1.54) is 26.2 Å². The number of rotatable bonds is 6. The summed E-state index contributed by atoms with van der Waals surface area (Å²) in [6, 6.07) is 4.17. The van der Waals surface area contributed by atoms with Gasteiger partial charge in [0.15, 0.2) is 0 Å². The van der Waals surface area contributed by atoms with Crippen molar-refractivity contribution >= 4 is 11.9 Å². The smallest absolute Gasteiger partial charge is 0.328 e. The van der Waals surface area contributed by atoms with Crippen LogP contribution in [0.25, 0.3) is 0 Å². The average molecular weight is 296 g/mol. The Labute approximate surface area is 122 Å². The summed E-state index contributed by atoms with van der Waals surface area (Å²) in [4.78, 5) is 23.5. The minimum absolute atomic E-state index is 0.105. The second kappa shape index (κ2) is 7.61. The molecule has 1 amide bonds. The molecule has 0 saturated heterocycles. The molecule has 1 rings (SSSR count). The Morgan fingerprint density at radius 2 is 1.90 bits per heavy atom. The second-order valence-corrected chi connectivity index (χ2v) is 4.72. The molecule has 3 atom stereocenters. The lowest BCUT2D eigenvalue weighted by Gasteiger charge is -2.20. The largest absolute Gasteiger partial charge is 0.508 e. The molecule has 0 bridgehead atoms. The van der Waals surface area contributed by atoms with E-state index in [-0.39, 0.29) is 12.2 Å². The van der Waals surface area contributed by atoms with Crippen molar-refractivity contribution in [3.8, 4) is 5.75 Å². The summed E-state index contributed by atoms with van der Waals surface area (Å²) in [5.41, 5.74) is 6.25. The maximum Gasteiger partial charge on any atom is 0.328 e.